The van der Waals surface area contributed by atoms with Crippen molar-refractivity contribution in [2.24, 2.45) is 10.9 Å². The van der Waals surface area contributed by atoms with Gasteiger partial charge in [0.15, 0.2) is 5.96 Å². The van der Waals surface area contributed by atoms with Crippen LogP contribution in [-0.4, -0.2) is 75.2 Å². The molecule has 1 atom stereocenters. The van der Waals surface area contributed by atoms with Crippen molar-refractivity contribution >= 4 is 5.96 Å². The predicted octanol–water partition coefficient (Wildman–Crippen LogP) is 2.00. The first kappa shape index (κ1) is 20.2. The first-order valence-electron chi connectivity index (χ1n) is 9.43. The Balaban J connectivity index is 2.07. The fourth-order valence-corrected chi connectivity index (χ4v) is 2.90. The monoisotopic (exact) mass is 325 g/mol. The number of rotatable bonds is 9. The summed E-state index contributed by atoms with van der Waals surface area (Å²) in [6.07, 6.45) is 5.10. The quantitative estimate of drug-likeness (QED) is 0.387. The normalized spacial score (nSPS) is 19.1. The standard InChI is InChI=1S/C18H39N5/c1-6-17(3)22(5)15-11-21-18(19-4)20-10-7-12-23-13-8-16(2)9-14-23/h16-17H,6-15H2,1-5H3,(H2,19,20,21). The van der Waals surface area contributed by atoms with Crippen molar-refractivity contribution in [2.45, 2.75) is 52.5 Å². The lowest BCUT2D eigenvalue weighted by Gasteiger charge is -2.30. The van der Waals surface area contributed by atoms with E-state index in [4.69, 9.17) is 0 Å². The maximum Gasteiger partial charge on any atom is 0.191 e. The molecule has 2 N–H and O–H groups in total. The molecule has 1 rings (SSSR count). The molecule has 1 heterocycles. The van der Waals surface area contributed by atoms with Crippen LogP contribution >= 0.6 is 0 Å². The maximum atomic E-state index is 4.31. The lowest BCUT2D eigenvalue weighted by atomic mass is 9.99. The largest absolute Gasteiger partial charge is 0.356 e. The van der Waals surface area contributed by atoms with E-state index >= 15 is 0 Å². The molecule has 0 amide bonds. The van der Waals surface area contributed by atoms with Crippen molar-refractivity contribution in [2.75, 3.05) is 53.4 Å². The van der Waals surface area contributed by atoms with Gasteiger partial charge in [0.1, 0.15) is 0 Å². The van der Waals surface area contributed by atoms with Gasteiger partial charge in [0, 0.05) is 32.7 Å². The number of piperidine rings is 1. The van der Waals surface area contributed by atoms with E-state index in [2.05, 4.69) is 53.2 Å². The van der Waals surface area contributed by atoms with E-state index in [1.54, 1.807) is 0 Å². The van der Waals surface area contributed by atoms with E-state index in [1.807, 2.05) is 7.05 Å². The number of likely N-dealkylation sites (tertiary alicyclic amines) is 1. The van der Waals surface area contributed by atoms with Gasteiger partial charge in [-0.1, -0.05) is 13.8 Å². The van der Waals surface area contributed by atoms with Crippen LogP contribution in [0.4, 0.5) is 0 Å². The molecule has 0 aromatic carbocycles. The molecular weight excluding hydrogens is 286 g/mol. The van der Waals surface area contributed by atoms with Gasteiger partial charge in [-0.25, -0.2) is 0 Å². The molecule has 5 nitrogen and oxygen atoms in total. The molecule has 0 radical (unpaired) electrons. The summed E-state index contributed by atoms with van der Waals surface area (Å²) in [6, 6.07) is 0.638. The van der Waals surface area contributed by atoms with Crippen molar-refractivity contribution in [1.29, 1.82) is 0 Å². The van der Waals surface area contributed by atoms with Crippen LogP contribution in [0.15, 0.2) is 4.99 Å². The van der Waals surface area contributed by atoms with Gasteiger partial charge in [-0.15, -0.1) is 0 Å². The van der Waals surface area contributed by atoms with Crippen molar-refractivity contribution in [3.8, 4) is 0 Å². The van der Waals surface area contributed by atoms with Crippen LogP contribution < -0.4 is 10.6 Å². The fourth-order valence-electron chi connectivity index (χ4n) is 2.90. The van der Waals surface area contributed by atoms with E-state index in [1.165, 1.54) is 45.3 Å². The van der Waals surface area contributed by atoms with Gasteiger partial charge in [0.25, 0.3) is 0 Å². The zero-order chi connectivity index (χ0) is 17.1. The molecule has 0 saturated carbocycles. The summed E-state index contributed by atoms with van der Waals surface area (Å²) in [5, 5.41) is 6.84. The summed E-state index contributed by atoms with van der Waals surface area (Å²) >= 11 is 0. The Labute approximate surface area is 143 Å². The maximum absolute atomic E-state index is 4.31. The summed E-state index contributed by atoms with van der Waals surface area (Å²) in [4.78, 5) is 9.29. The molecule has 1 aliphatic rings. The Morgan fingerprint density at radius 3 is 2.52 bits per heavy atom. The minimum Gasteiger partial charge on any atom is -0.356 e. The molecule has 0 aromatic rings. The smallest absolute Gasteiger partial charge is 0.191 e. The minimum absolute atomic E-state index is 0.638. The third-order valence-electron chi connectivity index (χ3n) is 5.14. The van der Waals surface area contributed by atoms with Gasteiger partial charge in [-0.3, -0.25) is 4.99 Å². The molecule has 1 unspecified atom stereocenters. The summed E-state index contributed by atoms with van der Waals surface area (Å²) < 4.78 is 0. The zero-order valence-corrected chi connectivity index (χ0v) is 16.1. The third kappa shape index (κ3) is 8.56. The second-order valence-electron chi connectivity index (χ2n) is 7.04. The van der Waals surface area contributed by atoms with Gasteiger partial charge >= 0.3 is 0 Å². The summed E-state index contributed by atoms with van der Waals surface area (Å²) in [5.41, 5.74) is 0. The van der Waals surface area contributed by atoms with E-state index in [0.717, 1.165) is 31.5 Å². The molecule has 1 saturated heterocycles. The van der Waals surface area contributed by atoms with Crippen LogP contribution in [-0.2, 0) is 0 Å². The van der Waals surface area contributed by atoms with E-state index in [0.29, 0.717) is 6.04 Å². The van der Waals surface area contributed by atoms with E-state index in [9.17, 15) is 0 Å². The number of hydrogen-bond donors (Lipinski definition) is 2. The number of aliphatic imine (C=N–C) groups is 1. The van der Waals surface area contributed by atoms with Crippen molar-refractivity contribution in [3.63, 3.8) is 0 Å². The van der Waals surface area contributed by atoms with Crippen molar-refractivity contribution in [3.05, 3.63) is 0 Å². The third-order valence-corrected chi connectivity index (χ3v) is 5.14. The SMILES string of the molecule is CCC(C)N(C)CCNC(=NC)NCCCN1CCC(C)CC1. The van der Waals surface area contributed by atoms with Crippen molar-refractivity contribution in [1.82, 2.24) is 20.4 Å². The molecule has 0 aromatic heterocycles. The first-order valence-corrected chi connectivity index (χ1v) is 9.43. The van der Waals surface area contributed by atoms with Gasteiger partial charge in [-0.2, -0.15) is 0 Å². The topological polar surface area (TPSA) is 42.9 Å². The lowest BCUT2D eigenvalue weighted by molar-refractivity contribution is 0.191. The summed E-state index contributed by atoms with van der Waals surface area (Å²) in [6.45, 7) is 13.6. The molecular formula is C18H39N5. The van der Waals surface area contributed by atoms with E-state index < -0.39 is 0 Å². The zero-order valence-electron chi connectivity index (χ0n) is 16.1. The average molecular weight is 326 g/mol. The minimum atomic E-state index is 0.638. The van der Waals surface area contributed by atoms with Crippen LogP contribution in [0.2, 0.25) is 0 Å². The summed E-state index contributed by atoms with van der Waals surface area (Å²) in [7, 11) is 4.03. The number of hydrogen-bond acceptors (Lipinski definition) is 3. The van der Waals surface area contributed by atoms with Crippen LogP contribution in [0.3, 0.4) is 0 Å². The molecule has 0 aliphatic carbocycles. The molecule has 1 aliphatic heterocycles. The highest BCUT2D eigenvalue weighted by Gasteiger charge is 2.14. The van der Waals surface area contributed by atoms with Crippen molar-refractivity contribution < 1.29 is 0 Å². The van der Waals surface area contributed by atoms with Crippen LogP contribution in [0.5, 0.6) is 0 Å². The molecule has 5 heteroatoms. The van der Waals surface area contributed by atoms with Gasteiger partial charge in [0.05, 0.1) is 0 Å². The fraction of sp³-hybridized carbons (Fsp3) is 0.944. The number of nitrogens with zero attached hydrogens (tertiary/aromatic N) is 3. The van der Waals surface area contributed by atoms with E-state index in [-0.39, 0.29) is 0 Å². The Bertz CT molecular complexity index is 323. The molecule has 23 heavy (non-hydrogen) atoms. The molecule has 0 spiro atoms. The number of guanidine groups is 1. The predicted molar refractivity (Wildman–Crippen MR) is 101 cm³/mol. The Kier molecular flexibility index (Phi) is 10.3. The highest BCUT2D eigenvalue weighted by molar-refractivity contribution is 5.79. The van der Waals surface area contributed by atoms with Crippen LogP contribution in [0.25, 0.3) is 0 Å². The Morgan fingerprint density at radius 1 is 1.26 bits per heavy atom. The molecule has 136 valence electrons. The molecule has 1 fully saturated rings. The lowest BCUT2D eigenvalue weighted by Crippen LogP contribution is -2.43. The number of likely N-dealkylation sites (N-methyl/N-ethyl adjacent to an activating group) is 1. The number of nitrogens with one attached hydrogen (secondary N) is 2. The van der Waals surface area contributed by atoms with Crippen LogP contribution in [0, 0.1) is 5.92 Å². The summed E-state index contributed by atoms with van der Waals surface area (Å²) in [5.74, 6) is 1.84. The first-order chi connectivity index (χ1) is 11.1. The van der Waals surface area contributed by atoms with Gasteiger partial charge in [0.2, 0.25) is 0 Å². The second kappa shape index (κ2) is 11.7. The van der Waals surface area contributed by atoms with Gasteiger partial charge < -0.3 is 20.4 Å². The second-order valence-corrected chi connectivity index (χ2v) is 7.04. The molecule has 0 bridgehead atoms. The Hall–Kier alpha value is -0.810. The highest BCUT2D eigenvalue weighted by Crippen LogP contribution is 2.15. The highest BCUT2D eigenvalue weighted by atomic mass is 15.2. The Morgan fingerprint density at radius 2 is 1.91 bits per heavy atom. The average Bonchev–Trinajstić information content (AvgIpc) is 2.57. The van der Waals surface area contributed by atoms with Gasteiger partial charge in [-0.05, 0) is 65.2 Å². The van der Waals surface area contributed by atoms with Crippen LogP contribution in [0.1, 0.15) is 46.5 Å².